The summed E-state index contributed by atoms with van der Waals surface area (Å²) in [5.74, 6) is -0.516. The molecule has 150 valence electrons. The lowest BCUT2D eigenvalue weighted by Crippen LogP contribution is -2.42. The first-order valence-corrected chi connectivity index (χ1v) is 10.7. The fourth-order valence-corrected chi connectivity index (χ4v) is 4.26. The summed E-state index contributed by atoms with van der Waals surface area (Å²) >= 11 is 0.907. The number of amides is 3. The van der Waals surface area contributed by atoms with Gasteiger partial charge < -0.3 is 4.90 Å². The minimum Gasteiger partial charge on any atom is -0.341 e. The van der Waals surface area contributed by atoms with Crippen LogP contribution in [0.25, 0.3) is 6.08 Å². The molecule has 0 unspecified atom stereocenters. The fraction of sp³-hybridized carbons (Fsp3) is 0.500. The molecule has 1 aromatic carbocycles. The van der Waals surface area contributed by atoms with E-state index in [1.54, 1.807) is 11.0 Å². The van der Waals surface area contributed by atoms with Gasteiger partial charge in [0.1, 0.15) is 6.54 Å². The van der Waals surface area contributed by atoms with Crippen LogP contribution in [0.15, 0.2) is 29.2 Å². The van der Waals surface area contributed by atoms with Gasteiger partial charge in [-0.3, -0.25) is 19.3 Å². The maximum absolute atomic E-state index is 12.7. The molecule has 2 fully saturated rings. The maximum Gasteiger partial charge on any atom is 0.294 e. The Kier molecular flexibility index (Phi) is 6.28. The van der Waals surface area contributed by atoms with Crippen LogP contribution < -0.4 is 0 Å². The molecule has 0 spiro atoms. The summed E-state index contributed by atoms with van der Waals surface area (Å²) in [6.07, 6.45) is 5.95. The summed E-state index contributed by atoms with van der Waals surface area (Å²) in [5.41, 5.74) is 2.14. The van der Waals surface area contributed by atoms with Crippen molar-refractivity contribution in [1.82, 2.24) is 9.80 Å². The SMILES string of the molecule is CC(C)(C)c1ccc(/C=C2\SC(=O)N(CC(=O)N3CCCCCC3)C2=O)cc1. The molecule has 2 aliphatic heterocycles. The van der Waals surface area contributed by atoms with Crippen LogP contribution in [0.4, 0.5) is 4.79 Å². The van der Waals surface area contributed by atoms with Crippen LogP contribution in [0.1, 0.15) is 57.6 Å². The second kappa shape index (κ2) is 8.52. The lowest BCUT2D eigenvalue weighted by atomic mass is 9.87. The molecule has 0 aromatic heterocycles. The van der Waals surface area contributed by atoms with Crippen molar-refractivity contribution < 1.29 is 14.4 Å². The van der Waals surface area contributed by atoms with Gasteiger partial charge >= 0.3 is 0 Å². The molecule has 5 nitrogen and oxygen atoms in total. The lowest BCUT2D eigenvalue weighted by Gasteiger charge is -2.22. The normalized spacial score (nSPS) is 20.0. The summed E-state index contributed by atoms with van der Waals surface area (Å²) in [7, 11) is 0. The van der Waals surface area contributed by atoms with Crippen LogP contribution in [0.2, 0.25) is 0 Å². The molecule has 2 saturated heterocycles. The second-order valence-electron chi connectivity index (χ2n) is 8.43. The van der Waals surface area contributed by atoms with Crippen molar-refractivity contribution in [3.8, 4) is 0 Å². The predicted octanol–water partition coefficient (Wildman–Crippen LogP) is 4.42. The molecule has 2 heterocycles. The molecule has 0 bridgehead atoms. The van der Waals surface area contributed by atoms with Crippen molar-refractivity contribution >= 4 is 34.9 Å². The van der Waals surface area contributed by atoms with Gasteiger partial charge in [-0.15, -0.1) is 0 Å². The van der Waals surface area contributed by atoms with Gasteiger partial charge in [-0.1, -0.05) is 57.9 Å². The predicted molar refractivity (Wildman–Crippen MR) is 113 cm³/mol. The Morgan fingerprint density at radius 1 is 1.04 bits per heavy atom. The standard InChI is InChI=1S/C22H28N2O3S/c1-22(2,3)17-10-8-16(9-11-17)14-18-20(26)24(21(27)28-18)15-19(25)23-12-6-4-5-7-13-23/h8-11,14H,4-7,12-13,15H2,1-3H3/b18-14-. The van der Waals surface area contributed by atoms with Crippen molar-refractivity contribution in [2.24, 2.45) is 0 Å². The molecule has 2 aliphatic rings. The van der Waals surface area contributed by atoms with Gasteiger partial charge in [-0.05, 0) is 47.2 Å². The topological polar surface area (TPSA) is 57.7 Å². The number of rotatable bonds is 3. The Morgan fingerprint density at radius 3 is 2.21 bits per heavy atom. The van der Waals surface area contributed by atoms with Crippen molar-refractivity contribution in [3.05, 3.63) is 40.3 Å². The van der Waals surface area contributed by atoms with Gasteiger partial charge in [-0.2, -0.15) is 0 Å². The van der Waals surface area contributed by atoms with Crippen molar-refractivity contribution in [3.63, 3.8) is 0 Å². The van der Waals surface area contributed by atoms with Gasteiger partial charge in [0.2, 0.25) is 5.91 Å². The van der Waals surface area contributed by atoms with Crippen LogP contribution in [0.3, 0.4) is 0 Å². The molecule has 6 heteroatoms. The highest BCUT2D eigenvalue weighted by Crippen LogP contribution is 2.32. The average molecular weight is 401 g/mol. The van der Waals surface area contributed by atoms with Crippen molar-refractivity contribution in [1.29, 1.82) is 0 Å². The summed E-state index contributed by atoms with van der Waals surface area (Å²) in [6.45, 7) is 7.71. The number of carbonyl (C=O) groups is 3. The first-order chi connectivity index (χ1) is 13.3. The Bertz CT molecular complexity index is 785. The number of nitrogens with zero attached hydrogens (tertiary/aromatic N) is 2. The molecule has 3 rings (SSSR count). The minimum absolute atomic E-state index is 0.0596. The number of imide groups is 1. The largest absolute Gasteiger partial charge is 0.341 e. The Balaban J connectivity index is 1.69. The minimum atomic E-state index is -0.377. The zero-order chi connectivity index (χ0) is 20.3. The van der Waals surface area contributed by atoms with E-state index in [4.69, 9.17) is 0 Å². The van der Waals surface area contributed by atoms with Gasteiger partial charge in [-0.25, -0.2) is 0 Å². The number of likely N-dealkylation sites (tertiary alicyclic amines) is 1. The third-order valence-electron chi connectivity index (χ3n) is 5.20. The highest BCUT2D eigenvalue weighted by atomic mass is 32.2. The molecule has 1 aromatic rings. The number of hydrogen-bond acceptors (Lipinski definition) is 4. The molecular weight excluding hydrogens is 372 g/mol. The molecule has 0 aliphatic carbocycles. The molecule has 0 saturated carbocycles. The molecule has 0 N–H and O–H groups in total. The Morgan fingerprint density at radius 2 is 1.64 bits per heavy atom. The third-order valence-corrected chi connectivity index (χ3v) is 6.11. The Labute approximate surface area is 171 Å². The second-order valence-corrected chi connectivity index (χ2v) is 9.43. The molecule has 0 radical (unpaired) electrons. The molecular formula is C22H28N2O3S. The van der Waals surface area contributed by atoms with E-state index in [2.05, 4.69) is 20.8 Å². The molecule has 3 amide bonds. The third kappa shape index (κ3) is 4.85. The van der Waals surface area contributed by atoms with Crippen LogP contribution in [-0.2, 0) is 15.0 Å². The first kappa shape index (κ1) is 20.6. The van der Waals surface area contributed by atoms with E-state index >= 15 is 0 Å². The Hall–Kier alpha value is -2.08. The summed E-state index contributed by atoms with van der Waals surface area (Å²) in [6, 6.07) is 7.99. The van der Waals surface area contributed by atoms with Crippen LogP contribution in [0, 0.1) is 0 Å². The summed E-state index contributed by atoms with van der Waals surface area (Å²) < 4.78 is 0. The van der Waals surface area contributed by atoms with Crippen molar-refractivity contribution in [2.75, 3.05) is 19.6 Å². The monoisotopic (exact) mass is 400 g/mol. The van der Waals surface area contributed by atoms with Gasteiger partial charge in [0, 0.05) is 13.1 Å². The lowest BCUT2D eigenvalue weighted by molar-refractivity contribution is -0.135. The first-order valence-electron chi connectivity index (χ1n) is 9.89. The highest BCUT2D eigenvalue weighted by molar-refractivity contribution is 8.18. The van der Waals surface area contributed by atoms with E-state index in [1.165, 1.54) is 5.56 Å². The van der Waals surface area contributed by atoms with Gasteiger partial charge in [0.05, 0.1) is 4.91 Å². The van der Waals surface area contributed by atoms with E-state index in [9.17, 15) is 14.4 Å². The van der Waals surface area contributed by atoms with E-state index in [0.717, 1.165) is 47.9 Å². The van der Waals surface area contributed by atoms with Gasteiger partial charge in [0.25, 0.3) is 11.1 Å². The van der Waals surface area contributed by atoms with E-state index < -0.39 is 0 Å². The van der Waals surface area contributed by atoms with E-state index in [1.807, 2.05) is 24.3 Å². The fourth-order valence-electron chi connectivity index (χ4n) is 3.42. The van der Waals surface area contributed by atoms with Crippen LogP contribution >= 0.6 is 11.8 Å². The highest BCUT2D eigenvalue weighted by Gasteiger charge is 2.37. The van der Waals surface area contributed by atoms with Crippen LogP contribution in [-0.4, -0.2) is 46.5 Å². The summed E-state index contributed by atoms with van der Waals surface area (Å²) in [5, 5.41) is -0.370. The maximum atomic E-state index is 12.7. The number of thioether (sulfide) groups is 1. The van der Waals surface area contributed by atoms with Gasteiger partial charge in [0.15, 0.2) is 0 Å². The van der Waals surface area contributed by atoms with Crippen molar-refractivity contribution in [2.45, 2.75) is 51.9 Å². The number of hydrogen-bond donors (Lipinski definition) is 0. The average Bonchev–Trinajstić information content (AvgIpc) is 2.86. The summed E-state index contributed by atoms with van der Waals surface area (Å²) in [4.78, 5) is 40.8. The zero-order valence-electron chi connectivity index (χ0n) is 16.9. The quantitative estimate of drug-likeness (QED) is 0.705. The number of benzene rings is 1. The number of carbonyl (C=O) groups excluding carboxylic acids is 3. The molecule has 28 heavy (non-hydrogen) atoms. The molecule has 0 atom stereocenters. The smallest absolute Gasteiger partial charge is 0.294 e. The van der Waals surface area contributed by atoms with E-state index in [-0.39, 0.29) is 29.0 Å². The van der Waals surface area contributed by atoms with E-state index in [0.29, 0.717) is 18.0 Å². The van der Waals surface area contributed by atoms with Crippen LogP contribution in [0.5, 0.6) is 0 Å². The zero-order valence-corrected chi connectivity index (χ0v) is 17.7.